The van der Waals surface area contributed by atoms with Crippen LogP contribution in [0.25, 0.3) is 11.0 Å². The molecule has 1 saturated carbocycles. The third kappa shape index (κ3) is 4.66. The van der Waals surface area contributed by atoms with E-state index >= 15 is 0 Å². The molecule has 1 amide bonds. The van der Waals surface area contributed by atoms with Crippen molar-refractivity contribution in [3.05, 3.63) is 35.5 Å². The monoisotopic (exact) mass is 518 g/mol. The van der Waals surface area contributed by atoms with Crippen molar-refractivity contribution in [3.8, 4) is 5.75 Å². The summed E-state index contributed by atoms with van der Waals surface area (Å²) in [5.74, 6) is 2.50. The molecule has 202 valence electrons. The van der Waals surface area contributed by atoms with Gasteiger partial charge in [-0.2, -0.15) is 10.1 Å². The number of nitrogens with zero attached hydrogens (tertiary/aromatic N) is 6. The number of carbonyl (C=O) groups excluding carboxylic acids is 1. The Morgan fingerprint density at radius 2 is 2.00 bits per heavy atom. The molecule has 1 spiro atoms. The Morgan fingerprint density at radius 1 is 1.18 bits per heavy atom. The molecule has 2 aliphatic heterocycles. The lowest BCUT2D eigenvalue weighted by molar-refractivity contribution is -0.166. The molecule has 3 N–H and O–H groups in total. The Hall–Kier alpha value is -3.40. The number of benzene rings is 1. The summed E-state index contributed by atoms with van der Waals surface area (Å²) in [6, 6.07) is 6.44. The van der Waals surface area contributed by atoms with Crippen molar-refractivity contribution >= 4 is 28.7 Å². The van der Waals surface area contributed by atoms with Crippen LogP contribution >= 0.6 is 0 Å². The van der Waals surface area contributed by atoms with Crippen LogP contribution in [0.3, 0.4) is 0 Å². The first-order valence-corrected chi connectivity index (χ1v) is 13.9. The van der Waals surface area contributed by atoms with Crippen LogP contribution in [0, 0.1) is 11.3 Å². The number of fused-ring (bicyclic) bond motifs is 1. The van der Waals surface area contributed by atoms with E-state index in [0.717, 1.165) is 87.3 Å². The molecular formula is C28H38N8O2. The summed E-state index contributed by atoms with van der Waals surface area (Å²) in [6.07, 6.45) is 7.26. The first-order chi connectivity index (χ1) is 18.5. The zero-order chi connectivity index (χ0) is 26.3. The topological polar surface area (TPSA) is 114 Å². The second-order valence-electron chi connectivity index (χ2n) is 11.4. The van der Waals surface area contributed by atoms with Crippen molar-refractivity contribution in [1.29, 1.82) is 0 Å². The van der Waals surface area contributed by atoms with Gasteiger partial charge < -0.3 is 20.7 Å². The van der Waals surface area contributed by atoms with Crippen LogP contribution in [-0.2, 0) is 17.9 Å². The van der Waals surface area contributed by atoms with Crippen molar-refractivity contribution in [1.82, 2.24) is 29.5 Å². The molecule has 0 radical (unpaired) electrons. The van der Waals surface area contributed by atoms with Crippen LogP contribution in [-0.4, -0.2) is 75.3 Å². The fourth-order valence-electron chi connectivity index (χ4n) is 6.13. The van der Waals surface area contributed by atoms with Gasteiger partial charge in [0.25, 0.3) is 0 Å². The highest BCUT2D eigenvalue weighted by Crippen LogP contribution is 2.42. The first-order valence-electron chi connectivity index (χ1n) is 13.9. The van der Waals surface area contributed by atoms with Gasteiger partial charge in [-0.15, -0.1) is 0 Å². The van der Waals surface area contributed by atoms with Gasteiger partial charge in [-0.1, -0.05) is 31.9 Å². The van der Waals surface area contributed by atoms with E-state index in [1.165, 1.54) is 12.0 Å². The van der Waals surface area contributed by atoms with Crippen molar-refractivity contribution < 1.29 is 9.53 Å². The molecule has 1 aliphatic carbocycles. The Bertz CT molecular complexity index is 1320. The fourth-order valence-corrected chi connectivity index (χ4v) is 6.13. The van der Waals surface area contributed by atoms with Crippen molar-refractivity contribution in [2.75, 3.05) is 50.9 Å². The normalized spacial score (nSPS) is 18.7. The van der Waals surface area contributed by atoms with Crippen molar-refractivity contribution in [3.63, 3.8) is 0 Å². The molecule has 0 atom stereocenters. The molecule has 3 fully saturated rings. The number of aromatic nitrogens is 4. The van der Waals surface area contributed by atoms with E-state index in [-0.39, 0.29) is 5.95 Å². The SMILES string of the molecule is CCCCNc1nc(N)nc2cnn(Cc3ccc(CN4CC5(C4)CN(C(=O)C4CCC4)C5)cc3OC)c12. The maximum atomic E-state index is 12.5. The van der Waals surface area contributed by atoms with Gasteiger partial charge in [0, 0.05) is 56.2 Å². The highest BCUT2D eigenvalue weighted by atomic mass is 16.5. The maximum Gasteiger partial charge on any atom is 0.225 e. The van der Waals surface area contributed by atoms with Gasteiger partial charge in [-0.05, 0) is 30.9 Å². The van der Waals surface area contributed by atoms with E-state index in [4.69, 9.17) is 10.5 Å². The lowest BCUT2D eigenvalue weighted by Gasteiger charge is -2.61. The molecule has 10 nitrogen and oxygen atoms in total. The molecular weight excluding hydrogens is 480 g/mol. The number of hydrogen-bond donors (Lipinski definition) is 2. The summed E-state index contributed by atoms with van der Waals surface area (Å²) in [5.41, 5.74) is 10.1. The summed E-state index contributed by atoms with van der Waals surface area (Å²) in [6.45, 7) is 8.39. The third-order valence-electron chi connectivity index (χ3n) is 8.34. The molecule has 1 aromatic carbocycles. The fraction of sp³-hybridized carbons (Fsp3) is 0.571. The number of carbonyl (C=O) groups is 1. The minimum atomic E-state index is 0.241. The number of amides is 1. The Kier molecular flexibility index (Phi) is 6.59. The van der Waals surface area contributed by atoms with Crippen LogP contribution in [0.5, 0.6) is 5.75 Å². The Morgan fingerprint density at radius 3 is 2.71 bits per heavy atom. The molecule has 6 rings (SSSR count). The zero-order valence-electron chi connectivity index (χ0n) is 22.4. The standard InChI is InChI=1S/C28H38N8O2/c1-3-4-10-30-25-24-22(32-27(29)33-25)12-31-36(24)14-21-9-8-19(11-23(21)38-2)13-34-15-28(16-34)17-35(18-28)26(37)20-6-5-7-20/h8-9,11-12,20H,3-7,10,13-18H2,1-2H3,(H3,29,30,32,33). The highest BCUT2D eigenvalue weighted by molar-refractivity contribution is 5.86. The number of ether oxygens (including phenoxy) is 1. The number of anilines is 2. The van der Waals surface area contributed by atoms with E-state index in [2.05, 4.69) is 55.3 Å². The van der Waals surface area contributed by atoms with Crippen LogP contribution < -0.4 is 15.8 Å². The number of rotatable bonds is 10. The second kappa shape index (κ2) is 10.1. The van der Waals surface area contributed by atoms with E-state index < -0.39 is 0 Å². The van der Waals surface area contributed by atoms with E-state index in [0.29, 0.717) is 29.6 Å². The van der Waals surface area contributed by atoms with Gasteiger partial charge in [0.1, 0.15) is 16.8 Å². The first kappa shape index (κ1) is 24.9. The van der Waals surface area contributed by atoms with Crippen molar-refractivity contribution in [2.24, 2.45) is 11.3 Å². The summed E-state index contributed by atoms with van der Waals surface area (Å²) in [4.78, 5) is 25.8. The summed E-state index contributed by atoms with van der Waals surface area (Å²) in [7, 11) is 1.71. The number of nitrogens with one attached hydrogen (secondary N) is 1. The molecule has 0 bridgehead atoms. The molecule has 38 heavy (non-hydrogen) atoms. The Balaban J connectivity index is 1.10. The summed E-state index contributed by atoms with van der Waals surface area (Å²) < 4.78 is 7.70. The van der Waals surface area contributed by atoms with E-state index in [1.807, 2.05) is 4.68 Å². The van der Waals surface area contributed by atoms with E-state index in [9.17, 15) is 4.79 Å². The number of unbranched alkanes of at least 4 members (excludes halogenated alkanes) is 1. The minimum Gasteiger partial charge on any atom is -0.496 e. The zero-order valence-corrected chi connectivity index (χ0v) is 22.4. The summed E-state index contributed by atoms with van der Waals surface area (Å²) in [5, 5.41) is 7.99. The predicted molar refractivity (Wildman–Crippen MR) is 147 cm³/mol. The smallest absolute Gasteiger partial charge is 0.225 e. The Labute approximate surface area is 223 Å². The second-order valence-corrected chi connectivity index (χ2v) is 11.4. The van der Waals surface area contributed by atoms with Gasteiger partial charge in [0.05, 0.1) is 19.9 Å². The molecule has 2 aromatic heterocycles. The van der Waals surface area contributed by atoms with Crippen molar-refractivity contribution in [2.45, 2.75) is 52.1 Å². The van der Waals surface area contributed by atoms with Crippen LogP contribution in [0.2, 0.25) is 0 Å². The van der Waals surface area contributed by atoms with Gasteiger partial charge >= 0.3 is 0 Å². The molecule has 0 unspecified atom stereocenters. The van der Waals surface area contributed by atoms with Gasteiger partial charge in [-0.25, -0.2) is 4.98 Å². The number of methoxy groups -OCH3 is 1. The number of nitrogens with two attached hydrogens (primary N) is 1. The van der Waals surface area contributed by atoms with Crippen LogP contribution in [0.15, 0.2) is 24.4 Å². The molecule has 10 heteroatoms. The quantitative estimate of drug-likeness (QED) is 0.394. The number of likely N-dealkylation sites (tertiary alicyclic amines) is 2. The van der Waals surface area contributed by atoms with Gasteiger partial charge in [-0.3, -0.25) is 14.4 Å². The highest BCUT2D eigenvalue weighted by Gasteiger charge is 2.53. The van der Waals surface area contributed by atoms with E-state index in [1.54, 1.807) is 13.3 Å². The predicted octanol–water partition coefficient (Wildman–Crippen LogP) is 3.12. The number of hydrogen-bond acceptors (Lipinski definition) is 8. The summed E-state index contributed by atoms with van der Waals surface area (Å²) >= 11 is 0. The minimum absolute atomic E-state index is 0.241. The largest absolute Gasteiger partial charge is 0.496 e. The van der Waals surface area contributed by atoms with Gasteiger partial charge in [0.15, 0.2) is 5.82 Å². The molecule has 3 aliphatic rings. The maximum absolute atomic E-state index is 12.5. The lowest BCUT2D eigenvalue weighted by atomic mass is 9.71. The average Bonchev–Trinajstić information content (AvgIpc) is 3.21. The number of nitrogen functional groups attached to an aromatic ring is 1. The lowest BCUT2D eigenvalue weighted by Crippen LogP contribution is -2.73. The third-order valence-corrected chi connectivity index (χ3v) is 8.34. The molecule has 4 heterocycles. The van der Waals surface area contributed by atoms with Crippen LogP contribution in [0.4, 0.5) is 11.8 Å². The average molecular weight is 519 g/mol. The van der Waals surface area contributed by atoms with Gasteiger partial charge in [0.2, 0.25) is 11.9 Å². The van der Waals surface area contributed by atoms with Crippen LogP contribution in [0.1, 0.15) is 50.2 Å². The molecule has 3 aromatic rings. The molecule has 2 saturated heterocycles.